The van der Waals surface area contributed by atoms with Crippen LogP contribution < -0.4 is 10.6 Å². The van der Waals surface area contributed by atoms with Crippen LogP contribution in [0.15, 0.2) is 48.9 Å². The lowest BCUT2D eigenvalue weighted by Gasteiger charge is -2.27. The number of imide groups is 1. The lowest BCUT2D eigenvalue weighted by molar-refractivity contribution is -0.124. The van der Waals surface area contributed by atoms with E-state index in [1.54, 1.807) is 30.7 Å². The first-order valence-electron chi connectivity index (χ1n) is 8.47. The fourth-order valence-electron chi connectivity index (χ4n) is 3.43. The third kappa shape index (κ3) is 3.10. The molecule has 1 aliphatic rings. The number of fused-ring (bicyclic) bond motifs is 1. The molecule has 3 amide bonds. The number of urea groups is 1. The molecule has 1 fully saturated rings. The summed E-state index contributed by atoms with van der Waals surface area (Å²) < 4.78 is 14.9. The van der Waals surface area contributed by atoms with Gasteiger partial charge in [-0.1, -0.05) is 6.07 Å². The SMILES string of the molecule is O=C1NC(=O)C(CCc2cccnc2)(Cn2cc3ccc(F)cc3c2O)N1. The van der Waals surface area contributed by atoms with Gasteiger partial charge < -0.3 is 15.0 Å². The molecule has 1 atom stereocenters. The van der Waals surface area contributed by atoms with Gasteiger partial charge in [0.05, 0.1) is 6.54 Å². The minimum atomic E-state index is -1.22. The predicted octanol–water partition coefficient (Wildman–Crippen LogP) is 2.09. The monoisotopic (exact) mass is 368 g/mol. The van der Waals surface area contributed by atoms with E-state index in [2.05, 4.69) is 15.6 Å². The first-order valence-corrected chi connectivity index (χ1v) is 8.47. The van der Waals surface area contributed by atoms with Crippen LogP contribution in [0.3, 0.4) is 0 Å². The molecule has 8 heteroatoms. The number of aromatic nitrogens is 2. The number of benzene rings is 1. The van der Waals surface area contributed by atoms with Gasteiger partial charge in [0.1, 0.15) is 11.4 Å². The fourth-order valence-corrected chi connectivity index (χ4v) is 3.43. The maximum absolute atomic E-state index is 13.5. The quantitative estimate of drug-likeness (QED) is 0.601. The number of aromatic hydroxyl groups is 1. The van der Waals surface area contributed by atoms with Crippen molar-refractivity contribution in [2.45, 2.75) is 24.9 Å². The summed E-state index contributed by atoms with van der Waals surface area (Å²) >= 11 is 0. The summed E-state index contributed by atoms with van der Waals surface area (Å²) in [5.41, 5.74) is -0.298. The predicted molar refractivity (Wildman–Crippen MR) is 95.5 cm³/mol. The van der Waals surface area contributed by atoms with Crippen molar-refractivity contribution in [3.8, 4) is 5.88 Å². The number of carbonyl (C=O) groups excluding carboxylic acids is 2. The van der Waals surface area contributed by atoms with Crippen LogP contribution >= 0.6 is 0 Å². The van der Waals surface area contributed by atoms with Gasteiger partial charge in [0.2, 0.25) is 0 Å². The lowest BCUT2D eigenvalue weighted by atomic mass is 9.91. The van der Waals surface area contributed by atoms with Gasteiger partial charge in [0.25, 0.3) is 5.91 Å². The summed E-state index contributed by atoms with van der Waals surface area (Å²) in [5, 5.41) is 16.4. The number of hydrogen-bond acceptors (Lipinski definition) is 4. The summed E-state index contributed by atoms with van der Waals surface area (Å²) in [6.45, 7) is 0.0208. The van der Waals surface area contributed by atoms with Crippen LogP contribution in [0.2, 0.25) is 0 Å². The number of aryl methyl sites for hydroxylation is 1. The molecule has 1 unspecified atom stereocenters. The number of nitrogens with one attached hydrogen (secondary N) is 2. The summed E-state index contributed by atoms with van der Waals surface area (Å²) in [7, 11) is 0. The van der Waals surface area contributed by atoms with Gasteiger partial charge in [-0.3, -0.25) is 15.1 Å². The van der Waals surface area contributed by atoms with Crippen molar-refractivity contribution < 1.29 is 19.1 Å². The Balaban J connectivity index is 1.67. The van der Waals surface area contributed by atoms with Crippen molar-refractivity contribution in [2.75, 3.05) is 0 Å². The highest BCUT2D eigenvalue weighted by atomic mass is 19.1. The van der Waals surface area contributed by atoms with E-state index in [4.69, 9.17) is 0 Å². The van der Waals surface area contributed by atoms with E-state index in [9.17, 15) is 19.1 Å². The minimum absolute atomic E-state index is 0.0208. The Bertz CT molecular complexity index is 1030. The normalized spacial score (nSPS) is 19.3. The van der Waals surface area contributed by atoms with E-state index in [1.165, 1.54) is 16.7 Å². The Morgan fingerprint density at radius 1 is 1.26 bits per heavy atom. The maximum Gasteiger partial charge on any atom is 0.322 e. The smallest absolute Gasteiger partial charge is 0.322 e. The van der Waals surface area contributed by atoms with E-state index in [0.29, 0.717) is 23.6 Å². The number of hydrogen-bond donors (Lipinski definition) is 3. The highest BCUT2D eigenvalue weighted by Crippen LogP contribution is 2.31. The van der Waals surface area contributed by atoms with Crippen LogP contribution in [0.25, 0.3) is 10.8 Å². The van der Waals surface area contributed by atoms with Crippen molar-refractivity contribution >= 4 is 22.7 Å². The lowest BCUT2D eigenvalue weighted by Crippen LogP contribution is -2.50. The van der Waals surface area contributed by atoms with Crippen molar-refractivity contribution in [1.82, 2.24) is 20.2 Å². The van der Waals surface area contributed by atoms with Crippen LogP contribution in [0.5, 0.6) is 5.88 Å². The molecule has 0 radical (unpaired) electrons. The van der Waals surface area contributed by atoms with Gasteiger partial charge >= 0.3 is 6.03 Å². The van der Waals surface area contributed by atoms with Gasteiger partial charge in [-0.25, -0.2) is 9.18 Å². The number of amides is 3. The zero-order valence-electron chi connectivity index (χ0n) is 14.3. The molecule has 3 heterocycles. The van der Waals surface area contributed by atoms with E-state index in [1.807, 2.05) is 6.07 Å². The second kappa shape index (κ2) is 6.39. The number of rotatable bonds is 5. The molecule has 2 aromatic heterocycles. The molecule has 138 valence electrons. The van der Waals surface area contributed by atoms with Crippen LogP contribution in [-0.4, -0.2) is 32.1 Å². The third-order valence-electron chi connectivity index (χ3n) is 4.84. The molecule has 0 saturated carbocycles. The molecule has 0 bridgehead atoms. The molecular weight excluding hydrogens is 351 g/mol. The van der Waals surface area contributed by atoms with Crippen molar-refractivity contribution in [1.29, 1.82) is 0 Å². The van der Waals surface area contributed by atoms with Crippen molar-refractivity contribution in [2.24, 2.45) is 0 Å². The first kappa shape index (κ1) is 17.0. The molecule has 1 saturated heterocycles. The fraction of sp³-hybridized carbons (Fsp3) is 0.211. The third-order valence-corrected chi connectivity index (χ3v) is 4.84. The van der Waals surface area contributed by atoms with E-state index < -0.39 is 23.3 Å². The Morgan fingerprint density at radius 2 is 2.11 bits per heavy atom. The first-order chi connectivity index (χ1) is 13.0. The second-order valence-electron chi connectivity index (χ2n) is 6.66. The van der Waals surface area contributed by atoms with Crippen LogP contribution in [-0.2, 0) is 17.8 Å². The molecule has 0 aliphatic carbocycles. The van der Waals surface area contributed by atoms with Gasteiger partial charge in [-0.05, 0) is 42.7 Å². The van der Waals surface area contributed by atoms with E-state index in [0.717, 1.165) is 5.56 Å². The Labute approximate surface area is 153 Å². The second-order valence-corrected chi connectivity index (χ2v) is 6.66. The Morgan fingerprint density at radius 3 is 2.81 bits per heavy atom. The molecule has 4 rings (SSSR count). The van der Waals surface area contributed by atoms with Crippen LogP contribution in [0.4, 0.5) is 9.18 Å². The number of pyridine rings is 1. The molecular formula is C19H17FN4O3. The zero-order chi connectivity index (χ0) is 19.0. The number of carbonyl (C=O) groups is 2. The van der Waals surface area contributed by atoms with Crippen LogP contribution in [0, 0.1) is 5.82 Å². The average molecular weight is 368 g/mol. The highest BCUT2D eigenvalue weighted by Gasteiger charge is 2.46. The number of halogens is 1. The highest BCUT2D eigenvalue weighted by molar-refractivity contribution is 6.07. The molecule has 1 aromatic carbocycles. The van der Waals surface area contributed by atoms with Gasteiger partial charge in [0, 0.05) is 29.4 Å². The molecule has 27 heavy (non-hydrogen) atoms. The van der Waals surface area contributed by atoms with Crippen LogP contribution in [0.1, 0.15) is 12.0 Å². The summed E-state index contributed by atoms with van der Waals surface area (Å²) in [5.74, 6) is -1.08. The maximum atomic E-state index is 13.5. The standard InChI is InChI=1S/C19H17FN4O3/c20-14-4-3-13-10-24(16(25)15(13)8-14)11-19(17(26)22-18(27)23-19)6-5-12-2-1-7-21-9-12/h1-4,7-10,25H,5-6,11H2,(H2,22,23,26,27). The summed E-state index contributed by atoms with van der Waals surface area (Å²) in [6.07, 6.45) is 5.82. The van der Waals surface area contributed by atoms with E-state index in [-0.39, 0.29) is 12.4 Å². The summed E-state index contributed by atoms with van der Waals surface area (Å²) in [4.78, 5) is 28.4. The van der Waals surface area contributed by atoms with Gasteiger partial charge in [0.15, 0.2) is 5.88 Å². The van der Waals surface area contributed by atoms with Gasteiger partial charge in [-0.15, -0.1) is 0 Å². The molecule has 0 spiro atoms. The Hall–Kier alpha value is -3.42. The largest absolute Gasteiger partial charge is 0.494 e. The van der Waals surface area contributed by atoms with Crippen molar-refractivity contribution in [3.63, 3.8) is 0 Å². The van der Waals surface area contributed by atoms with Gasteiger partial charge in [-0.2, -0.15) is 0 Å². The molecule has 7 nitrogen and oxygen atoms in total. The molecule has 3 N–H and O–H groups in total. The number of nitrogens with zero attached hydrogens (tertiary/aromatic N) is 2. The Kier molecular flexibility index (Phi) is 4.02. The zero-order valence-corrected chi connectivity index (χ0v) is 14.3. The summed E-state index contributed by atoms with van der Waals surface area (Å²) in [6, 6.07) is 7.20. The minimum Gasteiger partial charge on any atom is -0.494 e. The topological polar surface area (TPSA) is 96.2 Å². The molecule has 3 aromatic rings. The molecule has 1 aliphatic heterocycles. The average Bonchev–Trinajstić information content (AvgIpc) is 3.11. The van der Waals surface area contributed by atoms with E-state index >= 15 is 0 Å². The van der Waals surface area contributed by atoms with Crippen molar-refractivity contribution in [3.05, 3.63) is 60.3 Å².